The second kappa shape index (κ2) is 11.2. The summed E-state index contributed by atoms with van der Waals surface area (Å²) in [5, 5.41) is 6.04. The third kappa shape index (κ3) is 6.97. The normalized spacial score (nSPS) is 13.0. The SMILES string of the molecule is CNCC(C)C(=O)NC(C)c1ccc(OCC(C)C)c(OC)c1.Cl. The minimum atomic E-state index is -0.0881. The predicted molar refractivity (Wildman–Crippen MR) is 100 cm³/mol. The standard InChI is InChI=1S/C18H30N2O3.ClH/c1-12(2)11-23-16-8-7-15(9-17(16)22-6)14(4)20-18(21)13(3)10-19-5;/h7-9,12-14,19H,10-11H2,1-6H3,(H,20,21);1H. The van der Waals surface area contributed by atoms with Crippen LogP contribution in [-0.2, 0) is 4.79 Å². The molecule has 0 aliphatic carbocycles. The fraction of sp³-hybridized carbons (Fsp3) is 0.611. The molecule has 6 heteroatoms. The van der Waals surface area contributed by atoms with Crippen molar-refractivity contribution in [1.82, 2.24) is 10.6 Å². The minimum absolute atomic E-state index is 0. The third-order valence-corrected chi connectivity index (χ3v) is 3.58. The van der Waals surface area contributed by atoms with E-state index in [1.54, 1.807) is 7.11 Å². The van der Waals surface area contributed by atoms with Crippen molar-refractivity contribution >= 4 is 18.3 Å². The van der Waals surface area contributed by atoms with E-state index in [9.17, 15) is 4.79 Å². The molecule has 0 bridgehead atoms. The lowest BCUT2D eigenvalue weighted by atomic mass is 10.1. The van der Waals surface area contributed by atoms with Crippen LogP contribution in [-0.4, -0.2) is 33.2 Å². The van der Waals surface area contributed by atoms with Crippen LogP contribution in [0.25, 0.3) is 0 Å². The number of hydrogen-bond acceptors (Lipinski definition) is 4. The molecule has 0 saturated heterocycles. The van der Waals surface area contributed by atoms with Crippen LogP contribution in [0.5, 0.6) is 11.5 Å². The molecule has 1 amide bonds. The summed E-state index contributed by atoms with van der Waals surface area (Å²) < 4.78 is 11.2. The van der Waals surface area contributed by atoms with Crippen molar-refractivity contribution in [3.63, 3.8) is 0 Å². The van der Waals surface area contributed by atoms with Crippen molar-refractivity contribution < 1.29 is 14.3 Å². The molecule has 0 radical (unpaired) electrons. The Morgan fingerprint density at radius 3 is 2.38 bits per heavy atom. The maximum absolute atomic E-state index is 12.1. The van der Waals surface area contributed by atoms with E-state index in [0.29, 0.717) is 24.8 Å². The van der Waals surface area contributed by atoms with E-state index < -0.39 is 0 Å². The highest BCUT2D eigenvalue weighted by Gasteiger charge is 2.17. The first-order valence-corrected chi connectivity index (χ1v) is 8.14. The summed E-state index contributed by atoms with van der Waals surface area (Å²) in [4.78, 5) is 12.1. The fourth-order valence-corrected chi connectivity index (χ4v) is 2.17. The highest BCUT2D eigenvalue weighted by molar-refractivity contribution is 5.85. The molecule has 0 spiro atoms. The van der Waals surface area contributed by atoms with E-state index in [1.165, 1.54) is 0 Å². The molecule has 2 N–H and O–H groups in total. The first-order valence-electron chi connectivity index (χ1n) is 8.14. The molecule has 0 fully saturated rings. The molecule has 2 unspecified atom stereocenters. The van der Waals surface area contributed by atoms with Crippen LogP contribution in [0.3, 0.4) is 0 Å². The maximum Gasteiger partial charge on any atom is 0.224 e. The molecule has 0 heterocycles. The van der Waals surface area contributed by atoms with Gasteiger partial charge >= 0.3 is 0 Å². The average Bonchev–Trinajstić information content (AvgIpc) is 2.52. The van der Waals surface area contributed by atoms with Crippen molar-refractivity contribution in [1.29, 1.82) is 0 Å². The Morgan fingerprint density at radius 2 is 1.83 bits per heavy atom. The Bertz CT molecular complexity index is 509. The second-order valence-corrected chi connectivity index (χ2v) is 6.30. The van der Waals surface area contributed by atoms with Crippen molar-refractivity contribution in [2.75, 3.05) is 27.3 Å². The Kier molecular flexibility index (Phi) is 10.5. The van der Waals surface area contributed by atoms with E-state index in [0.717, 1.165) is 11.3 Å². The van der Waals surface area contributed by atoms with Gasteiger partial charge in [0, 0.05) is 12.5 Å². The number of carbonyl (C=O) groups excluding carboxylic acids is 1. The number of hydrogen-bond donors (Lipinski definition) is 2. The summed E-state index contributed by atoms with van der Waals surface area (Å²) in [5.41, 5.74) is 0.990. The Hall–Kier alpha value is -1.46. The molecule has 138 valence electrons. The molecular weight excluding hydrogens is 328 g/mol. The minimum Gasteiger partial charge on any atom is -0.493 e. The average molecular weight is 359 g/mol. The van der Waals surface area contributed by atoms with Crippen LogP contribution in [0.1, 0.15) is 39.3 Å². The molecule has 1 rings (SSSR count). The lowest BCUT2D eigenvalue weighted by Crippen LogP contribution is -2.35. The third-order valence-electron chi connectivity index (χ3n) is 3.58. The zero-order valence-corrected chi connectivity index (χ0v) is 16.3. The molecule has 0 aromatic heterocycles. The van der Waals surface area contributed by atoms with Gasteiger partial charge in [0.25, 0.3) is 0 Å². The largest absolute Gasteiger partial charge is 0.493 e. The number of amides is 1. The summed E-state index contributed by atoms with van der Waals surface area (Å²) in [6, 6.07) is 5.70. The lowest BCUT2D eigenvalue weighted by Gasteiger charge is -2.19. The summed E-state index contributed by atoms with van der Waals surface area (Å²) in [6.07, 6.45) is 0. The number of rotatable bonds is 9. The van der Waals surface area contributed by atoms with Crippen LogP contribution in [0, 0.1) is 11.8 Å². The lowest BCUT2D eigenvalue weighted by molar-refractivity contribution is -0.125. The highest BCUT2D eigenvalue weighted by Crippen LogP contribution is 2.30. The Morgan fingerprint density at radius 1 is 1.17 bits per heavy atom. The fourth-order valence-electron chi connectivity index (χ4n) is 2.17. The molecule has 0 saturated carbocycles. The van der Waals surface area contributed by atoms with Crippen molar-refractivity contribution in [2.24, 2.45) is 11.8 Å². The van der Waals surface area contributed by atoms with Gasteiger partial charge in [0.15, 0.2) is 11.5 Å². The van der Waals surface area contributed by atoms with Gasteiger partial charge in [-0.1, -0.05) is 26.8 Å². The molecule has 2 atom stereocenters. The summed E-state index contributed by atoms with van der Waals surface area (Å²) in [6.45, 7) is 9.37. The van der Waals surface area contributed by atoms with Gasteiger partial charge in [-0.3, -0.25) is 4.79 Å². The predicted octanol–water partition coefficient (Wildman–Crippen LogP) is 3.18. The number of halogens is 1. The molecule has 1 aromatic carbocycles. The van der Waals surface area contributed by atoms with Gasteiger partial charge in [0.05, 0.1) is 19.8 Å². The second-order valence-electron chi connectivity index (χ2n) is 6.30. The van der Waals surface area contributed by atoms with Crippen LogP contribution < -0.4 is 20.1 Å². The van der Waals surface area contributed by atoms with Gasteiger partial charge in [-0.25, -0.2) is 0 Å². The van der Waals surface area contributed by atoms with E-state index >= 15 is 0 Å². The van der Waals surface area contributed by atoms with Crippen molar-refractivity contribution in [3.8, 4) is 11.5 Å². The van der Waals surface area contributed by atoms with E-state index in [-0.39, 0.29) is 30.3 Å². The first-order chi connectivity index (χ1) is 10.9. The van der Waals surface area contributed by atoms with Crippen molar-refractivity contribution in [2.45, 2.75) is 33.7 Å². The highest BCUT2D eigenvalue weighted by atomic mass is 35.5. The number of carbonyl (C=O) groups is 1. The van der Waals surface area contributed by atoms with Gasteiger partial charge in [-0.15, -0.1) is 12.4 Å². The van der Waals surface area contributed by atoms with Crippen LogP contribution in [0.15, 0.2) is 18.2 Å². The monoisotopic (exact) mass is 358 g/mol. The molecule has 5 nitrogen and oxygen atoms in total. The molecule has 0 aliphatic rings. The molecular formula is C18H31ClN2O3. The zero-order chi connectivity index (χ0) is 17.4. The summed E-state index contributed by atoms with van der Waals surface area (Å²) in [5.74, 6) is 1.83. The van der Waals surface area contributed by atoms with Gasteiger partial charge < -0.3 is 20.1 Å². The number of ether oxygens (including phenoxy) is 2. The van der Waals surface area contributed by atoms with Gasteiger partial charge in [-0.05, 0) is 37.6 Å². The Labute approximate surface area is 151 Å². The topological polar surface area (TPSA) is 59.6 Å². The molecule has 0 aliphatic heterocycles. The number of benzene rings is 1. The van der Waals surface area contributed by atoms with Gasteiger partial charge in [0.1, 0.15) is 0 Å². The van der Waals surface area contributed by atoms with Gasteiger partial charge in [-0.2, -0.15) is 0 Å². The summed E-state index contributed by atoms with van der Waals surface area (Å²) >= 11 is 0. The quantitative estimate of drug-likeness (QED) is 0.711. The molecule has 24 heavy (non-hydrogen) atoms. The van der Waals surface area contributed by atoms with Crippen LogP contribution in [0.2, 0.25) is 0 Å². The smallest absolute Gasteiger partial charge is 0.224 e. The van der Waals surface area contributed by atoms with Crippen LogP contribution in [0.4, 0.5) is 0 Å². The van der Waals surface area contributed by atoms with Crippen LogP contribution >= 0.6 is 12.4 Å². The first kappa shape index (κ1) is 22.5. The number of methoxy groups -OCH3 is 1. The van der Waals surface area contributed by atoms with Gasteiger partial charge in [0.2, 0.25) is 5.91 Å². The van der Waals surface area contributed by atoms with E-state index in [4.69, 9.17) is 9.47 Å². The number of nitrogens with one attached hydrogen (secondary N) is 2. The van der Waals surface area contributed by atoms with E-state index in [2.05, 4.69) is 24.5 Å². The van der Waals surface area contributed by atoms with Crippen molar-refractivity contribution in [3.05, 3.63) is 23.8 Å². The summed E-state index contributed by atoms with van der Waals surface area (Å²) in [7, 11) is 3.47. The zero-order valence-electron chi connectivity index (χ0n) is 15.5. The van der Waals surface area contributed by atoms with E-state index in [1.807, 2.05) is 39.1 Å². The maximum atomic E-state index is 12.1. The Balaban J connectivity index is 0.00000529. The molecule has 1 aromatic rings.